The first-order valence-electron chi connectivity index (χ1n) is 22.5. The van der Waals surface area contributed by atoms with E-state index >= 15 is 0 Å². The number of rotatable bonds is 9. The molecule has 1 nitrogen and oxygen atoms in total. The van der Waals surface area contributed by atoms with Gasteiger partial charge in [-0.05, 0) is 144 Å². The summed E-state index contributed by atoms with van der Waals surface area (Å²) in [6.07, 6.45) is 0. The predicted molar refractivity (Wildman–Crippen MR) is 284 cm³/mol. The zero-order valence-corrected chi connectivity index (χ0v) is 37.0. The lowest BCUT2D eigenvalue weighted by Crippen LogP contribution is -2.10. The summed E-state index contributed by atoms with van der Waals surface area (Å²) in [7, 11) is 0. The minimum atomic E-state index is 1.09. The standard InChI is InChI=1S/C64H43NS/c1-3-12-44(13-4-1)56-40-57(45-14-5-2-6-15-45)42-60(41-56)65(59-35-30-50(31-36-59)55-32-37-62-61-20-9-10-21-63(61)66-64(62)43-55)58-33-28-48(29-34-58)47-22-24-49(25-23-47)52-18-11-19-53(38-52)54-27-26-46-16-7-8-17-51(46)39-54/h1-43H. The van der Waals surface area contributed by atoms with E-state index in [0.717, 1.165) is 17.1 Å². The zero-order valence-electron chi connectivity index (χ0n) is 36.2. The Morgan fingerprint density at radius 1 is 0.212 bits per heavy atom. The van der Waals surface area contributed by atoms with Crippen LogP contribution in [0.4, 0.5) is 17.1 Å². The molecule has 0 N–H and O–H groups in total. The van der Waals surface area contributed by atoms with Crippen molar-refractivity contribution in [1.82, 2.24) is 0 Å². The van der Waals surface area contributed by atoms with Gasteiger partial charge in [-0.2, -0.15) is 0 Å². The van der Waals surface area contributed by atoms with Crippen LogP contribution in [0.25, 0.3) is 97.7 Å². The highest BCUT2D eigenvalue weighted by molar-refractivity contribution is 7.25. The third-order valence-electron chi connectivity index (χ3n) is 12.9. The van der Waals surface area contributed by atoms with Crippen molar-refractivity contribution in [3.8, 4) is 66.8 Å². The van der Waals surface area contributed by atoms with Crippen LogP contribution in [0.15, 0.2) is 261 Å². The van der Waals surface area contributed by atoms with Gasteiger partial charge in [-0.1, -0.05) is 194 Å². The van der Waals surface area contributed by atoms with Gasteiger partial charge in [0.2, 0.25) is 0 Å². The second kappa shape index (κ2) is 17.0. The summed E-state index contributed by atoms with van der Waals surface area (Å²) in [6, 6.07) is 95.2. The van der Waals surface area contributed by atoms with Crippen LogP contribution >= 0.6 is 11.3 Å². The number of anilines is 3. The molecule has 0 aliphatic heterocycles. The van der Waals surface area contributed by atoms with E-state index < -0.39 is 0 Å². The second-order valence-corrected chi connectivity index (χ2v) is 18.0. The van der Waals surface area contributed by atoms with E-state index in [9.17, 15) is 0 Å². The van der Waals surface area contributed by atoms with E-state index in [0.29, 0.717) is 0 Å². The topological polar surface area (TPSA) is 3.24 Å². The van der Waals surface area contributed by atoms with Gasteiger partial charge in [0.15, 0.2) is 0 Å². The first kappa shape index (κ1) is 39.3. The van der Waals surface area contributed by atoms with Crippen molar-refractivity contribution in [2.24, 2.45) is 0 Å². The molecule has 0 aliphatic rings. The highest BCUT2D eigenvalue weighted by Crippen LogP contribution is 2.42. The zero-order chi connectivity index (χ0) is 43.8. The highest BCUT2D eigenvalue weighted by atomic mass is 32.1. The number of nitrogens with zero attached hydrogens (tertiary/aromatic N) is 1. The van der Waals surface area contributed by atoms with Crippen molar-refractivity contribution in [3.63, 3.8) is 0 Å². The molecule has 0 amide bonds. The Bertz CT molecular complexity index is 3610. The van der Waals surface area contributed by atoms with E-state index in [1.807, 2.05) is 11.3 Å². The summed E-state index contributed by atoms with van der Waals surface area (Å²) in [5.41, 5.74) is 17.6. The smallest absolute Gasteiger partial charge is 0.0473 e. The summed E-state index contributed by atoms with van der Waals surface area (Å²) < 4.78 is 2.64. The summed E-state index contributed by atoms with van der Waals surface area (Å²) in [5.74, 6) is 0. The SMILES string of the molecule is c1ccc(-c2cc(-c3ccccc3)cc(N(c3ccc(-c4ccc(-c5cccc(-c6ccc7ccccc7c6)c5)cc4)cc3)c3ccc(-c4ccc5c(c4)sc4ccccc45)cc3)c2)cc1. The second-order valence-electron chi connectivity index (χ2n) is 17.0. The van der Waals surface area contributed by atoms with Crippen molar-refractivity contribution in [3.05, 3.63) is 261 Å². The third kappa shape index (κ3) is 7.64. The molecule has 310 valence electrons. The van der Waals surface area contributed by atoms with Gasteiger partial charge in [-0.3, -0.25) is 0 Å². The maximum atomic E-state index is 2.40. The van der Waals surface area contributed by atoms with Gasteiger partial charge in [0.05, 0.1) is 0 Å². The lowest BCUT2D eigenvalue weighted by molar-refractivity contribution is 1.28. The van der Waals surface area contributed by atoms with Crippen LogP contribution in [0.1, 0.15) is 0 Å². The van der Waals surface area contributed by atoms with E-state index in [1.165, 1.54) is 97.7 Å². The molecular formula is C64H43NS. The van der Waals surface area contributed by atoms with Crippen molar-refractivity contribution in [2.45, 2.75) is 0 Å². The van der Waals surface area contributed by atoms with E-state index in [-0.39, 0.29) is 0 Å². The maximum Gasteiger partial charge on any atom is 0.0473 e. The Morgan fingerprint density at radius 2 is 0.621 bits per heavy atom. The van der Waals surface area contributed by atoms with Crippen LogP contribution in [0.3, 0.4) is 0 Å². The molecule has 0 unspecified atom stereocenters. The minimum absolute atomic E-state index is 1.09. The molecule has 2 heteroatoms. The molecule has 0 spiro atoms. The van der Waals surface area contributed by atoms with E-state index in [4.69, 9.17) is 0 Å². The average molecular weight is 858 g/mol. The normalized spacial score (nSPS) is 11.3. The van der Waals surface area contributed by atoms with Crippen molar-refractivity contribution in [1.29, 1.82) is 0 Å². The lowest BCUT2D eigenvalue weighted by Gasteiger charge is -2.27. The summed E-state index contributed by atoms with van der Waals surface area (Å²) in [6.45, 7) is 0. The molecule has 0 bridgehead atoms. The molecule has 11 aromatic carbocycles. The van der Waals surface area contributed by atoms with Crippen LogP contribution < -0.4 is 4.90 Å². The number of hydrogen-bond acceptors (Lipinski definition) is 2. The summed E-state index contributed by atoms with van der Waals surface area (Å²) in [4.78, 5) is 2.40. The van der Waals surface area contributed by atoms with Gasteiger partial charge in [-0.25, -0.2) is 0 Å². The predicted octanol–water partition coefficient (Wildman–Crippen LogP) is 18.7. The summed E-state index contributed by atoms with van der Waals surface area (Å²) in [5, 5.41) is 5.15. The Hall–Kier alpha value is -8.30. The molecule has 1 aromatic heterocycles. The third-order valence-corrected chi connectivity index (χ3v) is 14.0. The molecule has 1 heterocycles. The molecule has 0 saturated heterocycles. The molecule has 66 heavy (non-hydrogen) atoms. The van der Waals surface area contributed by atoms with Gasteiger partial charge in [0.25, 0.3) is 0 Å². The molecule has 0 fully saturated rings. The fraction of sp³-hybridized carbons (Fsp3) is 0. The van der Waals surface area contributed by atoms with Crippen LogP contribution in [0.5, 0.6) is 0 Å². The number of benzene rings is 11. The van der Waals surface area contributed by atoms with Crippen molar-refractivity contribution in [2.75, 3.05) is 4.90 Å². The quantitative estimate of drug-likeness (QED) is 0.140. The van der Waals surface area contributed by atoms with Gasteiger partial charge in [0, 0.05) is 37.2 Å². The molecular weight excluding hydrogens is 815 g/mol. The lowest BCUT2D eigenvalue weighted by atomic mass is 9.96. The average Bonchev–Trinajstić information content (AvgIpc) is 3.78. The van der Waals surface area contributed by atoms with Gasteiger partial charge >= 0.3 is 0 Å². The molecule has 0 saturated carbocycles. The Kier molecular flexibility index (Phi) is 10.1. The first-order chi connectivity index (χ1) is 32.7. The van der Waals surface area contributed by atoms with E-state index in [1.54, 1.807) is 0 Å². The van der Waals surface area contributed by atoms with Crippen molar-refractivity contribution >= 4 is 59.3 Å². The van der Waals surface area contributed by atoms with Crippen molar-refractivity contribution < 1.29 is 0 Å². The minimum Gasteiger partial charge on any atom is -0.310 e. The largest absolute Gasteiger partial charge is 0.310 e. The highest BCUT2D eigenvalue weighted by Gasteiger charge is 2.17. The first-order valence-corrected chi connectivity index (χ1v) is 23.4. The maximum absolute atomic E-state index is 2.40. The molecule has 0 aliphatic carbocycles. The Morgan fingerprint density at radius 3 is 1.26 bits per heavy atom. The van der Waals surface area contributed by atoms with Crippen LogP contribution in [-0.2, 0) is 0 Å². The van der Waals surface area contributed by atoms with Gasteiger partial charge in [0.1, 0.15) is 0 Å². The Labute approximate surface area is 389 Å². The van der Waals surface area contributed by atoms with Crippen LogP contribution in [0.2, 0.25) is 0 Å². The summed E-state index contributed by atoms with van der Waals surface area (Å²) >= 11 is 1.86. The number of thiophene rings is 1. The Balaban J connectivity index is 0.899. The molecule has 12 aromatic rings. The number of fused-ring (bicyclic) bond motifs is 4. The fourth-order valence-electron chi connectivity index (χ4n) is 9.40. The van der Waals surface area contributed by atoms with Crippen LogP contribution in [0, 0.1) is 0 Å². The number of hydrogen-bond donors (Lipinski definition) is 0. The van der Waals surface area contributed by atoms with Gasteiger partial charge in [-0.15, -0.1) is 11.3 Å². The monoisotopic (exact) mass is 857 g/mol. The fourth-order valence-corrected chi connectivity index (χ4v) is 10.5. The van der Waals surface area contributed by atoms with Crippen LogP contribution in [-0.4, -0.2) is 0 Å². The molecule has 0 radical (unpaired) electrons. The van der Waals surface area contributed by atoms with E-state index in [2.05, 4.69) is 266 Å². The molecule has 0 atom stereocenters. The van der Waals surface area contributed by atoms with Gasteiger partial charge < -0.3 is 4.90 Å². The molecule has 12 rings (SSSR count).